The summed E-state index contributed by atoms with van der Waals surface area (Å²) in [5.41, 5.74) is 4.11. The van der Waals surface area contributed by atoms with Crippen LogP contribution in [0, 0.1) is 5.82 Å². The van der Waals surface area contributed by atoms with E-state index in [1.54, 1.807) is 12.1 Å². The van der Waals surface area contributed by atoms with Crippen LogP contribution in [-0.2, 0) is 19.5 Å². The highest BCUT2D eigenvalue weighted by Crippen LogP contribution is 2.23. The van der Waals surface area contributed by atoms with E-state index in [1.165, 1.54) is 16.4 Å². The molecule has 4 aromatic rings. The Morgan fingerprint density at radius 1 is 0.871 bits per heavy atom. The molecule has 158 valence electrons. The lowest BCUT2D eigenvalue weighted by atomic mass is 10.1. The van der Waals surface area contributed by atoms with Crippen molar-refractivity contribution in [2.45, 2.75) is 19.5 Å². The van der Waals surface area contributed by atoms with Gasteiger partial charge >= 0.3 is 0 Å². The maximum Gasteiger partial charge on any atom is 0.129 e. The summed E-state index contributed by atoms with van der Waals surface area (Å²) in [5.74, 6) is -0.367. The Bertz CT molecular complexity index is 1120. The largest absolute Gasteiger partial charge is 0.311 e. The fourth-order valence-electron chi connectivity index (χ4n) is 3.31. The number of halogens is 3. The van der Waals surface area contributed by atoms with Gasteiger partial charge in [0.1, 0.15) is 17.2 Å². The minimum Gasteiger partial charge on any atom is -0.311 e. The normalized spacial score (nSPS) is 11.1. The molecule has 1 N–H and O–H groups in total. The molecule has 4 rings (SSSR count). The Kier molecular flexibility index (Phi) is 6.97. The number of rotatable bonds is 8. The van der Waals surface area contributed by atoms with E-state index >= 15 is 0 Å². The molecule has 31 heavy (non-hydrogen) atoms. The summed E-state index contributed by atoms with van der Waals surface area (Å²) in [6, 6.07) is 22.3. The molecule has 0 amide bonds. The molecule has 0 unspecified atom stereocenters. The summed E-state index contributed by atoms with van der Waals surface area (Å²) < 4.78 is 14.2. The summed E-state index contributed by atoms with van der Waals surface area (Å²) in [4.78, 5) is 1.50. The highest BCUT2D eigenvalue weighted by atomic mass is 35.5. The third-order valence-electron chi connectivity index (χ3n) is 4.93. The molecule has 0 atom stereocenters. The monoisotopic (exact) mass is 454 g/mol. The number of hydrogen-bond acceptors (Lipinski definition) is 3. The molecule has 0 fully saturated rings. The Hall–Kier alpha value is -2.73. The molecule has 3 aromatic carbocycles. The average Bonchev–Trinajstić information content (AvgIpc) is 3.18. The minimum absolute atomic E-state index is 0.163. The number of aromatic nitrogens is 3. The zero-order chi connectivity index (χ0) is 21.6. The lowest BCUT2D eigenvalue weighted by Gasteiger charge is -2.05. The van der Waals surface area contributed by atoms with E-state index in [9.17, 15) is 4.39 Å². The van der Waals surface area contributed by atoms with Crippen molar-refractivity contribution >= 4 is 23.2 Å². The van der Waals surface area contributed by atoms with Crippen molar-refractivity contribution in [2.24, 2.45) is 0 Å². The maximum atomic E-state index is 14.2. The minimum atomic E-state index is -0.367. The van der Waals surface area contributed by atoms with Gasteiger partial charge < -0.3 is 5.32 Å². The number of nitrogens with zero attached hydrogens (tertiary/aromatic N) is 3. The van der Waals surface area contributed by atoms with Crippen LogP contribution < -0.4 is 5.32 Å². The van der Waals surface area contributed by atoms with Crippen LogP contribution in [0.15, 0.2) is 72.8 Å². The topological polar surface area (TPSA) is 42.7 Å². The Labute approximate surface area is 190 Å². The molecule has 0 saturated carbocycles. The van der Waals surface area contributed by atoms with Crippen LogP contribution in [0.2, 0.25) is 10.0 Å². The predicted octanol–water partition coefficient (Wildman–Crippen LogP) is 5.77. The molecule has 1 aromatic heterocycles. The highest BCUT2D eigenvalue weighted by Gasteiger charge is 2.15. The summed E-state index contributed by atoms with van der Waals surface area (Å²) >= 11 is 12.1. The molecule has 0 aliphatic heterocycles. The molecule has 7 heteroatoms. The summed E-state index contributed by atoms with van der Waals surface area (Å²) in [6.45, 7) is 1.49. The van der Waals surface area contributed by atoms with E-state index in [0.29, 0.717) is 17.1 Å². The number of hydrogen-bond donors (Lipinski definition) is 1. The molecule has 0 bridgehead atoms. The Morgan fingerprint density at radius 2 is 1.65 bits per heavy atom. The van der Waals surface area contributed by atoms with E-state index in [0.717, 1.165) is 34.9 Å². The van der Waals surface area contributed by atoms with Gasteiger partial charge in [0.2, 0.25) is 0 Å². The van der Waals surface area contributed by atoms with E-state index in [2.05, 4.69) is 15.5 Å². The van der Waals surface area contributed by atoms with Crippen molar-refractivity contribution in [2.75, 3.05) is 6.54 Å². The van der Waals surface area contributed by atoms with Crippen LogP contribution in [0.3, 0.4) is 0 Å². The lowest BCUT2D eigenvalue weighted by Crippen LogP contribution is -2.17. The second kappa shape index (κ2) is 10.1. The zero-order valence-corrected chi connectivity index (χ0v) is 18.2. The van der Waals surface area contributed by atoms with Gasteiger partial charge in [-0.05, 0) is 42.8 Å². The third kappa shape index (κ3) is 5.50. The molecule has 0 aliphatic carbocycles. The molecule has 0 aliphatic rings. The molecule has 0 radical (unpaired) electrons. The van der Waals surface area contributed by atoms with Crippen LogP contribution >= 0.6 is 23.2 Å². The first kappa shape index (κ1) is 21.5. The van der Waals surface area contributed by atoms with Crippen LogP contribution in [0.1, 0.15) is 16.8 Å². The average molecular weight is 455 g/mol. The smallest absolute Gasteiger partial charge is 0.129 e. The van der Waals surface area contributed by atoms with Crippen molar-refractivity contribution in [3.8, 4) is 11.3 Å². The van der Waals surface area contributed by atoms with E-state index in [1.807, 2.05) is 54.6 Å². The first-order chi connectivity index (χ1) is 15.1. The second-order valence-corrected chi connectivity index (χ2v) is 7.99. The Balaban J connectivity index is 1.50. The van der Waals surface area contributed by atoms with Crippen LogP contribution in [0.5, 0.6) is 0 Å². The zero-order valence-electron chi connectivity index (χ0n) is 16.7. The van der Waals surface area contributed by atoms with Crippen molar-refractivity contribution < 1.29 is 4.39 Å². The Morgan fingerprint density at radius 3 is 2.39 bits per heavy atom. The summed E-state index contributed by atoms with van der Waals surface area (Å²) in [7, 11) is 0. The molecule has 0 saturated heterocycles. The third-order valence-corrected chi connectivity index (χ3v) is 5.54. The molecular formula is C24H21Cl2FN4. The van der Waals surface area contributed by atoms with Crippen molar-refractivity contribution in [3.05, 3.63) is 105 Å². The second-order valence-electron chi connectivity index (χ2n) is 7.15. The van der Waals surface area contributed by atoms with Gasteiger partial charge in [-0.15, -0.1) is 0 Å². The van der Waals surface area contributed by atoms with Gasteiger partial charge in [0, 0.05) is 27.7 Å². The van der Waals surface area contributed by atoms with Crippen molar-refractivity contribution in [1.82, 2.24) is 20.3 Å². The van der Waals surface area contributed by atoms with Gasteiger partial charge in [-0.1, -0.05) is 71.7 Å². The number of nitrogens with one attached hydrogen (secondary N) is 1. The fraction of sp³-hybridized carbons (Fsp3) is 0.167. The van der Waals surface area contributed by atoms with Gasteiger partial charge in [0.15, 0.2) is 0 Å². The standard InChI is InChI=1S/C24H21Cl2FN4/c25-19-11-9-17(10-12-19)13-14-28-15-23-24(18-5-2-1-3-6-18)30-31(29-23)16-20-21(26)7-4-8-22(20)27/h1-12,28H,13-16H2. The van der Waals surface area contributed by atoms with Crippen LogP contribution in [0.4, 0.5) is 4.39 Å². The number of benzene rings is 3. The van der Waals surface area contributed by atoms with Crippen LogP contribution in [0.25, 0.3) is 11.3 Å². The van der Waals surface area contributed by atoms with E-state index < -0.39 is 0 Å². The van der Waals surface area contributed by atoms with Crippen molar-refractivity contribution in [1.29, 1.82) is 0 Å². The van der Waals surface area contributed by atoms with Gasteiger partial charge in [-0.2, -0.15) is 15.0 Å². The van der Waals surface area contributed by atoms with Crippen LogP contribution in [-0.4, -0.2) is 21.5 Å². The lowest BCUT2D eigenvalue weighted by molar-refractivity contribution is 0.543. The SMILES string of the molecule is Fc1cccc(Cl)c1Cn1nc(CNCCc2ccc(Cl)cc2)c(-c2ccccc2)n1. The van der Waals surface area contributed by atoms with E-state index in [-0.39, 0.29) is 12.4 Å². The fourth-order valence-corrected chi connectivity index (χ4v) is 3.66. The van der Waals surface area contributed by atoms with Gasteiger partial charge in [0.25, 0.3) is 0 Å². The van der Waals surface area contributed by atoms with Gasteiger partial charge in [-0.3, -0.25) is 0 Å². The predicted molar refractivity (Wildman–Crippen MR) is 123 cm³/mol. The molecule has 4 nitrogen and oxygen atoms in total. The van der Waals surface area contributed by atoms with Crippen molar-refractivity contribution in [3.63, 3.8) is 0 Å². The maximum absolute atomic E-state index is 14.2. The van der Waals surface area contributed by atoms with Gasteiger partial charge in [0.05, 0.1) is 6.54 Å². The summed E-state index contributed by atoms with van der Waals surface area (Å²) in [5, 5.41) is 13.8. The molecule has 1 heterocycles. The molecule has 0 spiro atoms. The van der Waals surface area contributed by atoms with E-state index in [4.69, 9.17) is 23.2 Å². The molecular weight excluding hydrogens is 434 g/mol. The first-order valence-corrected chi connectivity index (χ1v) is 10.7. The summed E-state index contributed by atoms with van der Waals surface area (Å²) in [6.07, 6.45) is 0.872. The van der Waals surface area contributed by atoms with Gasteiger partial charge in [-0.25, -0.2) is 4.39 Å². The quantitative estimate of drug-likeness (QED) is 0.343. The highest BCUT2D eigenvalue weighted by molar-refractivity contribution is 6.31. The first-order valence-electron chi connectivity index (χ1n) is 9.97.